The average Bonchev–Trinajstić information content (AvgIpc) is 3.07. The monoisotopic (exact) mass is 298 g/mol. The molecule has 0 N–H and O–H groups in total. The Labute approximate surface area is 131 Å². The number of aromatic nitrogens is 1. The zero-order chi connectivity index (χ0) is 15.5. The van der Waals surface area contributed by atoms with Gasteiger partial charge in [-0.15, -0.1) is 0 Å². The Bertz CT molecular complexity index is 629. The van der Waals surface area contributed by atoms with Gasteiger partial charge in [0, 0.05) is 18.0 Å². The molecule has 1 aliphatic rings. The quantitative estimate of drug-likeness (QED) is 0.792. The van der Waals surface area contributed by atoms with Gasteiger partial charge in [0.25, 0.3) is 0 Å². The molecule has 1 aliphatic heterocycles. The van der Waals surface area contributed by atoms with Gasteiger partial charge in [-0.05, 0) is 33.2 Å². The molecular weight excluding hydrogens is 276 g/mol. The smallest absolute Gasteiger partial charge is 0.208 e. The van der Waals surface area contributed by atoms with Crippen molar-refractivity contribution in [1.29, 1.82) is 0 Å². The Kier molecular flexibility index (Phi) is 4.39. The summed E-state index contributed by atoms with van der Waals surface area (Å²) in [4.78, 5) is 19.2. The van der Waals surface area contributed by atoms with Crippen molar-refractivity contribution in [3.05, 3.63) is 53.2 Å². The minimum Gasteiger partial charge on any atom is -0.444 e. The minimum absolute atomic E-state index is 0.220. The van der Waals surface area contributed by atoms with Gasteiger partial charge in [-0.1, -0.05) is 30.3 Å². The van der Waals surface area contributed by atoms with Crippen molar-refractivity contribution in [3.8, 4) is 0 Å². The molecule has 0 bridgehead atoms. The summed E-state index contributed by atoms with van der Waals surface area (Å²) < 4.78 is 5.68. The Morgan fingerprint density at radius 3 is 2.77 bits per heavy atom. The third kappa shape index (κ3) is 3.28. The number of ketones is 1. The van der Waals surface area contributed by atoms with Gasteiger partial charge >= 0.3 is 0 Å². The van der Waals surface area contributed by atoms with E-state index in [1.165, 1.54) is 0 Å². The van der Waals surface area contributed by atoms with E-state index >= 15 is 0 Å². The van der Waals surface area contributed by atoms with E-state index in [-0.39, 0.29) is 5.78 Å². The predicted molar refractivity (Wildman–Crippen MR) is 84.8 cm³/mol. The van der Waals surface area contributed by atoms with E-state index in [0.717, 1.165) is 42.3 Å². The number of hydrogen-bond acceptors (Lipinski definition) is 4. The third-order valence-corrected chi connectivity index (χ3v) is 4.43. The number of rotatable bonds is 5. The van der Waals surface area contributed by atoms with Crippen LogP contribution in [0.3, 0.4) is 0 Å². The Morgan fingerprint density at radius 2 is 2.09 bits per heavy atom. The van der Waals surface area contributed by atoms with E-state index in [2.05, 4.69) is 9.88 Å². The number of carbonyl (C=O) groups is 1. The first-order valence-electron chi connectivity index (χ1n) is 7.88. The molecule has 1 aromatic heterocycles. The lowest BCUT2D eigenvalue weighted by atomic mass is 10.0. The van der Waals surface area contributed by atoms with Crippen LogP contribution in [0.15, 0.2) is 34.7 Å². The van der Waals surface area contributed by atoms with Crippen molar-refractivity contribution >= 4 is 5.78 Å². The lowest BCUT2D eigenvalue weighted by Gasteiger charge is -2.22. The van der Waals surface area contributed by atoms with Crippen LogP contribution in [-0.2, 0) is 6.54 Å². The van der Waals surface area contributed by atoms with Crippen LogP contribution in [0.5, 0.6) is 0 Å². The lowest BCUT2D eigenvalue weighted by molar-refractivity contribution is 0.0933. The highest BCUT2D eigenvalue weighted by Crippen LogP contribution is 2.24. The standard InChI is InChI=1S/C18H22N2O2/c1-13-14(2)22-18(19-13)12-20-10-6-9-16(20)11-17(21)15-7-4-3-5-8-15/h3-5,7-8,16H,6,9-12H2,1-2H3/t16-/m1/s1. The normalized spacial score (nSPS) is 18.7. The molecule has 4 nitrogen and oxygen atoms in total. The fourth-order valence-electron chi connectivity index (χ4n) is 3.07. The molecule has 1 saturated heterocycles. The number of hydrogen-bond donors (Lipinski definition) is 0. The molecular formula is C18H22N2O2. The van der Waals surface area contributed by atoms with Crippen LogP contribution < -0.4 is 0 Å². The topological polar surface area (TPSA) is 46.3 Å². The zero-order valence-corrected chi connectivity index (χ0v) is 13.2. The van der Waals surface area contributed by atoms with Crippen LogP contribution >= 0.6 is 0 Å². The van der Waals surface area contributed by atoms with Crippen molar-refractivity contribution < 1.29 is 9.21 Å². The Morgan fingerprint density at radius 1 is 1.32 bits per heavy atom. The molecule has 3 rings (SSSR count). The molecule has 4 heteroatoms. The molecule has 0 amide bonds. The maximum Gasteiger partial charge on any atom is 0.208 e. The molecule has 22 heavy (non-hydrogen) atoms. The summed E-state index contributed by atoms with van der Waals surface area (Å²) in [5, 5.41) is 0. The second-order valence-corrected chi connectivity index (χ2v) is 6.01. The molecule has 0 radical (unpaired) electrons. The second-order valence-electron chi connectivity index (χ2n) is 6.01. The lowest BCUT2D eigenvalue weighted by Crippen LogP contribution is -2.31. The molecule has 2 aromatic rings. The van der Waals surface area contributed by atoms with Gasteiger partial charge in [-0.25, -0.2) is 4.98 Å². The van der Waals surface area contributed by atoms with Gasteiger partial charge in [-0.3, -0.25) is 9.69 Å². The molecule has 1 fully saturated rings. The summed E-state index contributed by atoms with van der Waals surface area (Å²) in [6, 6.07) is 9.84. The number of nitrogens with zero attached hydrogens (tertiary/aromatic N) is 2. The highest BCUT2D eigenvalue weighted by Gasteiger charge is 2.28. The minimum atomic E-state index is 0.220. The Balaban J connectivity index is 1.64. The second kappa shape index (κ2) is 6.44. The van der Waals surface area contributed by atoms with Crippen LogP contribution in [-0.4, -0.2) is 28.3 Å². The van der Waals surface area contributed by atoms with Gasteiger partial charge < -0.3 is 4.42 Å². The molecule has 1 atom stereocenters. The molecule has 0 saturated carbocycles. The number of oxazole rings is 1. The fourth-order valence-corrected chi connectivity index (χ4v) is 3.07. The van der Waals surface area contributed by atoms with Gasteiger partial charge in [0.15, 0.2) is 5.78 Å². The van der Waals surface area contributed by atoms with Crippen molar-refractivity contribution in [3.63, 3.8) is 0 Å². The van der Waals surface area contributed by atoms with Gasteiger partial charge in [-0.2, -0.15) is 0 Å². The van der Waals surface area contributed by atoms with Crippen molar-refractivity contribution in [2.24, 2.45) is 0 Å². The zero-order valence-electron chi connectivity index (χ0n) is 13.2. The maximum atomic E-state index is 12.4. The summed E-state index contributed by atoms with van der Waals surface area (Å²) in [6.07, 6.45) is 2.77. The van der Waals surface area contributed by atoms with E-state index in [4.69, 9.17) is 4.42 Å². The summed E-state index contributed by atoms with van der Waals surface area (Å²) in [6.45, 7) is 5.60. The highest BCUT2D eigenvalue weighted by molar-refractivity contribution is 5.96. The van der Waals surface area contributed by atoms with E-state index < -0.39 is 0 Å². The van der Waals surface area contributed by atoms with Gasteiger partial charge in [0.2, 0.25) is 5.89 Å². The first kappa shape index (κ1) is 15.0. The molecule has 1 aromatic carbocycles. The van der Waals surface area contributed by atoms with E-state index in [1.54, 1.807) is 0 Å². The largest absolute Gasteiger partial charge is 0.444 e. The molecule has 0 unspecified atom stereocenters. The molecule has 2 heterocycles. The van der Waals surface area contributed by atoms with Gasteiger partial charge in [0.1, 0.15) is 5.76 Å². The SMILES string of the molecule is Cc1nc(CN2CCC[C@@H]2CC(=O)c2ccccc2)oc1C. The summed E-state index contributed by atoms with van der Waals surface area (Å²) in [5.41, 5.74) is 1.75. The van der Waals surface area contributed by atoms with Crippen LogP contribution in [0.1, 0.15) is 47.0 Å². The molecule has 0 aliphatic carbocycles. The van der Waals surface area contributed by atoms with E-state index in [0.29, 0.717) is 19.0 Å². The van der Waals surface area contributed by atoms with E-state index in [9.17, 15) is 4.79 Å². The number of likely N-dealkylation sites (tertiary alicyclic amines) is 1. The first-order valence-corrected chi connectivity index (χ1v) is 7.88. The van der Waals surface area contributed by atoms with Crippen LogP contribution in [0.25, 0.3) is 0 Å². The third-order valence-electron chi connectivity index (χ3n) is 4.43. The van der Waals surface area contributed by atoms with Crippen molar-refractivity contribution in [2.75, 3.05) is 6.54 Å². The van der Waals surface area contributed by atoms with Crippen molar-refractivity contribution in [1.82, 2.24) is 9.88 Å². The number of benzene rings is 1. The van der Waals surface area contributed by atoms with Crippen LogP contribution in [0.2, 0.25) is 0 Å². The van der Waals surface area contributed by atoms with Gasteiger partial charge in [0.05, 0.1) is 12.2 Å². The summed E-state index contributed by atoms with van der Waals surface area (Å²) in [5.74, 6) is 1.86. The van der Waals surface area contributed by atoms with Crippen LogP contribution in [0.4, 0.5) is 0 Å². The summed E-state index contributed by atoms with van der Waals surface area (Å²) >= 11 is 0. The maximum absolute atomic E-state index is 12.4. The number of aryl methyl sites for hydroxylation is 2. The highest BCUT2D eigenvalue weighted by atomic mass is 16.4. The number of Topliss-reactive ketones (excluding diaryl/α,β-unsaturated/α-hetero) is 1. The fraction of sp³-hybridized carbons (Fsp3) is 0.444. The Hall–Kier alpha value is -1.94. The average molecular weight is 298 g/mol. The van der Waals surface area contributed by atoms with Crippen molar-refractivity contribution in [2.45, 2.75) is 45.7 Å². The number of carbonyl (C=O) groups excluding carboxylic acids is 1. The first-order chi connectivity index (χ1) is 10.6. The summed E-state index contributed by atoms with van der Waals surface area (Å²) in [7, 11) is 0. The van der Waals surface area contributed by atoms with E-state index in [1.807, 2.05) is 44.2 Å². The predicted octanol–water partition coefficient (Wildman–Crippen LogP) is 3.53. The molecule has 0 spiro atoms. The van der Waals surface area contributed by atoms with Crippen LogP contribution in [0, 0.1) is 13.8 Å². The molecule has 116 valence electrons.